The van der Waals surface area contributed by atoms with Crippen molar-refractivity contribution in [2.45, 2.75) is 26.8 Å². The Hall–Kier alpha value is -1.95. The summed E-state index contributed by atoms with van der Waals surface area (Å²) in [5.41, 5.74) is 6.76. The van der Waals surface area contributed by atoms with E-state index < -0.39 is 11.9 Å². The molecule has 2 rings (SSSR count). The lowest BCUT2D eigenvalue weighted by atomic mass is 10.1. The molecule has 2 aromatic rings. The molecule has 0 spiro atoms. The molecule has 134 valence electrons. The molecule has 0 aliphatic carbocycles. The molecule has 0 aliphatic rings. The van der Waals surface area contributed by atoms with Crippen LogP contribution in [0.1, 0.15) is 37.7 Å². The zero-order valence-corrected chi connectivity index (χ0v) is 16.9. The van der Waals surface area contributed by atoms with Gasteiger partial charge in [-0.2, -0.15) is 5.10 Å². The second kappa shape index (κ2) is 7.95. The molecule has 10 heteroatoms. The number of esters is 1. The molecule has 0 saturated heterocycles. The lowest BCUT2D eigenvalue weighted by Crippen LogP contribution is -2.16. The van der Waals surface area contributed by atoms with Crippen molar-refractivity contribution < 1.29 is 19.1 Å². The fraction of sp³-hybridized carbons (Fsp3) is 0.333. The number of carbonyl (C=O) groups excluding carboxylic acids is 3. The maximum atomic E-state index is 12.2. The van der Waals surface area contributed by atoms with Crippen LogP contribution in [0.3, 0.4) is 0 Å². The highest BCUT2D eigenvalue weighted by atomic mass is 127. The van der Waals surface area contributed by atoms with Gasteiger partial charge in [0.15, 0.2) is 0 Å². The summed E-state index contributed by atoms with van der Waals surface area (Å²) >= 11 is 3.14. The van der Waals surface area contributed by atoms with Crippen molar-refractivity contribution in [1.82, 2.24) is 9.78 Å². The summed E-state index contributed by atoms with van der Waals surface area (Å²) in [6.45, 7) is 3.88. The molecular formula is C15H17IN4O4S. The monoisotopic (exact) mass is 476 g/mol. The number of nitrogens with two attached hydrogens (primary N) is 1. The fourth-order valence-corrected chi connectivity index (χ4v) is 3.69. The topological polar surface area (TPSA) is 116 Å². The molecule has 2 heterocycles. The fourth-order valence-electron chi connectivity index (χ4n) is 2.20. The Balaban J connectivity index is 2.15. The Kier molecular flexibility index (Phi) is 6.16. The predicted octanol–water partition coefficient (Wildman–Crippen LogP) is 2.08. The average molecular weight is 476 g/mol. The second-order valence-corrected chi connectivity index (χ2v) is 7.42. The molecule has 2 aromatic heterocycles. The van der Waals surface area contributed by atoms with E-state index in [1.165, 1.54) is 7.11 Å². The number of hydrogen-bond acceptors (Lipinski definition) is 6. The molecule has 3 N–H and O–H groups in total. The largest absolute Gasteiger partial charge is 0.465 e. The van der Waals surface area contributed by atoms with Crippen molar-refractivity contribution in [2.24, 2.45) is 5.73 Å². The SMILES string of the molecule is COC(=O)c1c(NC(=O)CCn2cc(I)c(C)n2)sc(C(N)=O)c1C. The van der Waals surface area contributed by atoms with Crippen molar-refractivity contribution in [1.29, 1.82) is 0 Å². The van der Waals surface area contributed by atoms with Gasteiger partial charge in [-0.15, -0.1) is 11.3 Å². The van der Waals surface area contributed by atoms with E-state index in [1.54, 1.807) is 11.6 Å². The standard InChI is InChI=1S/C15H17IN4O4S/c1-7-11(15(23)24-3)14(25-12(7)13(17)22)18-10(21)4-5-20-6-9(16)8(2)19-20/h6H,4-5H2,1-3H3,(H2,17,22)(H,18,21). The molecule has 0 saturated carbocycles. The van der Waals surface area contributed by atoms with Crippen molar-refractivity contribution in [2.75, 3.05) is 12.4 Å². The lowest BCUT2D eigenvalue weighted by Gasteiger charge is -2.06. The molecule has 0 fully saturated rings. The number of hydrogen-bond donors (Lipinski definition) is 2. The lowest BCUT2D eigenvalue weighted by molar-refractivity contribution is -0.116. The van der Waals surface area contributed by atoms with E-state index in [2.05, 4.69) is 33.0 Å². The van der Waals surface area contributed by atoms with Crippen LogP contribution in [0.4, 0.5) is 5.00 Å². The van der Waals surface area contributed by atoms with Crippen molar-refractivity contribution >= 4 is 56.7 Å². The van der Waals surface area contributed by atoms with Crippen LogP contribution < -0.4 is 11.1 Å². The van der Waals surface area contributed by atoms with Crippen molar-refractivity contribution in [3.05, 3.63) is 31.5 Å². The third kappa shape index (κ3) is 4.37. The number of ether oxygens (including phenoxy) is 1. The first-order valence-electron chi connectivity index (χ1n) is 7.25. The number of aromatic nitrogens is 2. The minimum atomic E-state index is -0.658. The number of primary amides is 1. The predicted molar refractivity (Wildman–Crippen MR) is 102 cm³/mol. The van der Waals surface area contributed by atoms with Crippen molar-refractivity contribution in [3.8, 4) is 0 Å². The molecular weight excluding hydrogens is 459 g/mol. The minimum absolute atomic E-state index is 0.152. The van der Waals surface area contributed by atoms with Gasteiger partial charge < -0.3 is 15.8 Å². The van der Waals surface area contributed by atoms with Crippen molar-refractivity contribution in [3.63, 3.8) is 0 Å². The molecule has 0 bridgehead atoms. The Morgan fingerprint density at radius 3 is 2.60 bits per heavy atom. The number of nitrogens with one attached hydrogen (secondary N) is 1. The average Bonchev–Trinajstić information content (AvgIpc) is 3.04. The van der Waals surface area contributed by atoms with E-state index in [1.807, 2.05) is 13.1 Å². The van der Waals surface area contributed by atoms with Gasteiger partial charge in [0.05, 0.1) is 26.8 Å². The number of halogens is 1. The first-order valence-corrected chi connectivity index (χ1v) is 9.15. The maximum absolute atomic E-state index is 12.2. The van der Waals surface area contributed by atoms with Crippen LogP contribution in [0, 0.1) is 17.4 Å². The highest BCUT2D eigenvalue weighted by Crippen LogP contribution is 2.33. The summed E-state index contributed by atoms with van der Waals surface area (Å²) in [6.07, 6.45) is 2.02. The third-order valence-electron chi connectivity index (χ3n) is 3.47. The van der Waals surface area contributed by atoms with E-state index in [0.717, 1.165) is 20.6 Å². The van der Waals surface area contributed by atoms with Gasteiger partial charge in [0.1, 0.15) is 5.00 Å². The Labute approximate surface area is 161 Å². The smallest absolute Gasteiger partial charge is 0.341 e. The van der Waals surface area contributed by atoms with E-state index in [4.69, 9.17) is 10.5 Å². The zero-order chi connectivity index (χ0) is 18.7. The number of thiophene rings is 1. The van der Waals surface area contributed by atoms with Crippen LogP contribution in [-0.4, -0.2) is 34.7 Å². The molecule has 25 heavy (non-hydrogen) atoms. The van der Waals surface area contributed by atoms with Crippen LogP contribution in [-0.2, 0) is 16.1 Å². The summed E-state index contributed by atoms with van der Waals surface area (Å²) in [5.74, 6) is -1.59. The van der Waals surface area contributed by atoms with Gasteiger partial charge in [-0.3, -0.25) is 14.3 Å². The van der Waals surface area contributed by atoms with Crippen LogP contribution in [0.25, 0.3) is 0 Å². The first kappa shape index (κ1) is 19.4. The van der Waals surface area contributed by atoms with Gasteiger partial charge in [-0.05, 0) is 42.0 Å². The highest BCUT2D eigenvalue weighted by molar-refractivity contribution is 14.1. The van der Waals surface area contributed by atoms with Crippen LogP contribution in [0.5, 0.6) is 0 Å². The van der Waals surface area contributed by atoms with E-state index in [0.29, 0.717) is 12.1 Å². The number of carbonyl (C=O) groups is 3. The highest BCUT2D eigenvalue weighted by Gasteiger charge is 2.25. The van der Waals surface area contributed by atoms with Crippen LogP contribution in [0.2, 0.25) is 0 Å². The molecule has 8 nitrogen and oxygen atoms in total. The Morgan fingerprint density at radius 2 is 2.08 bits per heavy atom. The number of amides is 2. The normalized spacial score (nSPS) is 10.6. The molecule has 0 unspecified atom stereocenters. The Morgan fingerprint density at radius 1 is 1.40 bits per heavy atom. The van der Waals surface area contributed by atoms with Gasteiger partial charge in [0, 0.05) is 19.2 Å². The number of rotatable bonds is 6. The number of methoxy groups -OCH3 is 1. The second-order valence-electron chi connectivity index (χ2n) is 5.24. The third-order valence-corrected chi connectivity index (χ3v) is 5.75. The van der Waals surface area contributed by atoms with E-state index in [9.17, 15) is 14.4 Å². The number of nitrogens with zero attached hydrogens (tertiary/aromatic N) is 2. The number of anilines is 1. The zero-order valence-electron chi connectivity index (χ0n) is 13.9. The minimum Gasteiger partial charge on any atom is -0.465 e. The summed E-state index contributed by atoms with van der Waals surface area (Å²) in [7, 11) is 1.23. The quantitative estimate of drug-likeness (QED) is 0.489. The maximum Gasteiger partial charge on any atom is 0.341 e. The molecule has 0 atom stereocenters. The molecule has 2 amide bonds. The van der Waals surface area contributed by atoms with Gasteiger partial charge >= 0.3 is 5.97 Å². The Bertz CT molecular complexity index is 823. The number of aryl methyl sites for hydroxylation is 2. The molecule has 0 aliphatic heterocycles. The molecule has 0 radical (unpaired) electrons. The molecule has 0 aromatic carbocycles. The summed E-state index contributed by atoms with van der Waals surface area (Å²) in [4.78, 5) is 35.9. The first-order chi connectivity index (χ1) is 11.7. The van der Waals surface area contributed by atoms with Crippen LogP contribution in [0.15, 0.2) is 6.20 Å². The summed E-state index contributed by atoms with van der Waals surface area (Å²) in [6, 6.07) is 0. The summed E-state index contributed by atoms with van der Waals surface area (Å²) < 4.78 is 7.43. The van der Waals surface area contributed by atoms with Crippen LogP contribution >= 0.6 is 33.9 Å². The van der Waals surface area contributed by atoms with Gasteiger partial charge in [0.2, 0.25) is 5.91 Å². The van der Waals surface area contributed by atoms with Gasteiger partial charge in [0.25, 0.3) is 5.91 Å². The van der Waals surface area contributed by atoms with E-state index >= 15 is 0 Å². The van der Waals surface area contributed by atoms with E-state index in [-0.39, 0.29) is 27.8 Å². The summed E-state index contributed by atoms with van der Waals surface area (Å²) in [5, 5.41) is 7.21. The van der Waals surface area contributed by atoms with Gasteiger partial charge in [-0.1, -0.05) is 0 Å². The van der Waals surface area contributed by atoms with Gasteiger partial charge in [-0.25, -0.2) is 4.79 Å².